The van der Waals surface area contributed by atoms with E-state index in [-0.39, 0.29) is 5.91 Å². The van der Waals surface area contributed by atoms with Crippen LogP contribution in [0.5, 0.6) is 17.2 Å². The molecule has 1 N–H and O–H groups in total. The highest BCUT2D eigenvalue weighted by Gasteiger charge is 2.16. The van der Waals surface area contributed by atoms with Gasteiger partial charge in [0, 0.05) is 12.1 Å². The lowest BCUT2D eigenvalue weighted by Crippen LogP contribution is -2.23. The Labute approximate surface area is 167 Å². The highest BCUT2D eigenvalue weighted by atomic mass is 16.5. The lowest BCUT2D eigenvalue weighted by molar-refractivity contribution is 0.0950. The summed E-state index contributed by atoms with van der Waals surface area (Å²) in [6, 6.07) is 11.6. The fourth-order valence-corrected chi connectivity index (χ4v) is 2.92. The average molecular weight is 386 g/mol. The number of carbonyl (C=O) groups excluding carboxylic acids is 1. The third-order valence-corrected chi connectivity index (χ3v) is 4.47. The SMILES string of the molecule is COc1cc(C(=O)NCc2ccc(CCCN(C)C)cc2)cc(OC)c1OC. The summed E-state index contributed by atoms with van der Waals surface area (Å²) in [5.41, 5.74) is 2.81. The number of hydrogen-bond donors (Lipinski definition) is 1. The van der Waals surface area contributed by atoms with Crippen molar-refractivity contribution in [3.8, 4) is 17.2 Å². The average Bonchev–Trinajstić information content (AvgIpc) is 2.71. The lowest BCUT2D eigenvalue weighted by atomic mass is 10.1. The first-order chi connectivity index (χ1) is 13.5. The van der Waals surface area contributed by atoms with Crippen molar-refractivity contribution in [3.05, 3.63) is 53.1 Å². The van der Waals surface area contributed by atoms with Gasteiger partial charge < -0.3 is 24.4 Å². The number of nitrogens with one attached hydrogen (secondary N) is 1. The predicted molar refractivity (Wildman–Crippen MR) is 111 cm³/mol. The van der Waals surface area contributed by atoms with Gasteiger partial charge in [0.15, 0.2) is 11.5 Å². The Morgan fingerprint density at radius 3 is 2.00 bits per heavy atom. The molecule has 6 heteroatoms. The Morgan fingerprint density at radius 1 is 0.929 bits per heavy atom. The first-order valence-electron chi connectivity index (χ1n) is 9.29. The third-order valence-electron chi connectivity index (χ3n) is 4.47. The van der Waals surface area contributed by atoms with Crippen molar-refractivity contribution in [3.63, 3.8) is 0 Å². The Morgan fingerprint density at radius 2 is 1.50 bits per heavy atom. The van der Waals surface area contributed by atoms with Gasteiger partial charge in [0.05, 0.1) is 21.3 Å². The number of nitrogens with zero attached hydrogens (tertiary/aromatic N) is 1. The molecule has 2 rings (SSSR count). The Balaban J connectivity index is 1.98. The second kappa shape index (κ2) is 10.6. The van der Waals surface area contributed by atoms with Crippen LogP contribution in [0.1, 0.15) is 27.9 Å². The normalized spacial score (nSPS) is 10.6. The van der Waals surface area contributed by atoms with Gasteiger partial charge >= 0.3 is 0 Å². The number of rotatable bonds is 10. The molecule has 0 saturated carbocycles. The van der Waals surface area contributed by atoms with E-state index in [1.54, 1.807) is 12.1 Å². The van der Waals surface area contributed by atoms with Gasteiger partial charge in [-0.15, -0.1) is 0 Å². The minimum absolute atomic E-state index is 0.200. The van der Waals surface area contributed by atoms with Crippen molar-refractivity contribution in [2.75, 3.05) is 42.0 Å². The summed E-state index contributed by atoms with van der Waals surface area (Å²) in [7, 11) is 8.75. The van der Waals surface area contributed by atoms with E-state index in [0.29, 0.717) is 29.4 Å². The summed E-state index contributed by atoms with van der Waals surface area (Å²) in [5.74, 6) is 1.17. The van der Waals surface area contributed by atoms with Crippen molar-refractivity contribution in [1.29, 1.82) is 0 Å². The molecule has 0 unspecified atom stereocenters. The van der Waals surface area contributed by atoms with Gasteiger partial charge in [0.1, 0.15) is 0 Å². The van der Waals surface area contributed by atoms with E-state index in [1.807, 2.05) is 0 Å². The van der Waals surface area contributed by atoms with E-state index in [1.165, 1.54) is 26.9 Å². The monoisotopic (exact) mass is 386 g/mol. The summed E-state index contributed by atoms with van der Waals surface area (Å²) < 4.78 is 15.9. The molecule has 2 aromatic carbocycles. The number of hydrogen-bond acceptors (Lipinski definition) is 5. The van der Waals surface area contributed by atoms with Crippen molar-refractivity contribution in [1.82, 2.24) is 10.2 Å². The Kier molecular flexibility index (Phi) is 8.14. The summed E-state index contributed by atoms with van der Waals surface area (Å²) in [5, 5.41) is 2.94. The van der Waals surface area contributed by atoms with Gasteiger partial charge in [0.2, 0.25) is 5.75 Å². The van der Waals surface area contributed by atoms with Crippen LogP contribution in [0.25, 0.3) is 0 Å². The Bertz CT molecular complexity index is 748. The summed E-state index contributed by atoms with van der Waals surface area (Å²) in [6.07, 6.45) is 2.18. The van der Waals surface area contributed by atoms with Crippen LogP contribution in [-0.2, 0) is 13.0 Å². The van der Waals surface area contributed by atoms with Gasteiger partial charge in [-0.05, 0) is 56.7 Å². The smallest absolute Gasteiger partial charge is 0.251 e. The van der Waals surface area contributed by atoms with Crippen LogP contribution in [0, 0.1) is 0 Å². The Hall–Kier alpha value is -2.73. The van der Waals surface area contributed by atoms with Crippen LogP contribution in [-0.4, -0.2) is 52.8 Å². The topological polar surface area (TPSA) is 60.0 Å². The largest absolute Gasteiger partial charge is 0.493 e. The van der Waals surface area contributed by atoms with Crippen LogP contribution in [0.15, 0.2) is 36.4 Å². The number of amides is 1. The molecular formula is C22H30N2O4. The number of benzene rings is 2. The summed E-state index contributed by atoms with van der Waals surface area (Å²) in [6.45, 7) is 1.53. The number of aryl methyl sites for hydroxylation is 1. The van der Waals surface area contributed by atoms with Crippen molar-refractivity contribution in [2.24, 2.45) is 0 Å². The lowest BCUT2D eigenvalue weighted by Gasteiger charge is -2.14. The molecule has 0 aliphatic carbocycles. The van der Waals surface area contributed by atoms with Crippen LogP contribution in [0.2, 0.25) is 0 Å². The van der Waals surface area contributed by atoms with E-state index in [0.717, 1.165) is 24.9 Å². The van der Waals surface area contributed by atoms with E-state index in [4.69, 9.17) is 14.2 Å². The summed E-state index contributed by atoms with van der Waals surface area (Å²) >= 11 is 0. The van der Waals surface area contributed by atoms with Gasteiger partial charge in [-0.2, -0.15) is 0 Å². The van der Waals surface area contributed by atoms with Crippen molar-refractivity contribution >= 4 is 5.91 Å². The molecule has 0 aliphatic rings. The molecule has 0 radical (unpaired) electrons. The molecule has 28 heavy (non-hydrogen) atoms. The zero-order chi connectivity index (χ0) is 20.5. The number of carbonyl (C=O) groups is 1. The molecule has 1 amide bonds. The zero-order valence-electron chi connectivity index (χ0n) is 17.4. The maximum Gasteiger partial charge on any atom is 0.251 e. The van der Waals surface area contributed by atoms with Crippen LogP contribution in [0.3, 0.4) is 0 Å². The molecule has 0 heterocycles. The highest BCUT2D eigenvalue weighted by molar-refractivity contribution is 5.95. The standard InChI is InChI=1S/C22H30N2O4/c1-24(2)12-6-7-16-8-10-17(11-9-16)15-23-22(25)18-13-19(26-3)21(28-5)20(14-18)27-4/h8-11,13-14H,6-7,12,15H2,1-5H3,(H,23,25). The second-order valence-electron chi connectivity index (χ2n) is 6.82. The quantitative estimate of drug-likeness (QED) is 0.680. The van der Waals surface area contributed by atoms with Crippen molar-refractivity contribution < 1.29 is 19.0 Å². The minimum atomic E-state index is -0.200. The van der Waals surface area contributed by atoms with E-state index < -0.39 is 0 Å². The first-order valence-corrected chi connectivity index (χ1v) is 9.29. The van der Waals surface area contributed by atoms with Crippen LogP contribution < -0.4 is 19.5 Å². The first kappa shape index (κ1) is 21.6. The molecule has 6 nitrogen and oxygen atoms in total. The van der Waals surface area contributed by atoms with E-state index in [9.17, 15) is 4.79 Å². The van der Waals surface area contributed by atoms with Gasteiger partial charge in [-0.25, -0.2) is 0 Å². The molecule has 0 atom stereocenters. The molecule has 0 aromatic heterocycles. The fraction of sp³-hybridized carbons (Fsp3) is 0.409. The molecule has 152 valence electrons. The zero-order valence-corrected chi connectivity index (χ0v) is 17.4. The van der Waals surface area contributed by atoms with Crippen molar-refractivity contribution in [2.45, 2.75) is 19.4 Å². The summed E-state index contributed by atoms with van der Waals surface area (Å²) in [4.78, 5) is 14.7. The molecule has 0 bridgehead atoms. The minimum Gasteiger partial charge on any atom is -0.493 e. The van der Waals surface area contributed by atoms with Gasteiger partial charge in [-0.1, -0.05) is 24.3 Å². The molecule has 2 aromatic rings. The maximum absolute atomic E-state index is 12.6. The molecular weight excluding hydrogens is 356 g/mol. The van der Waals surface area contributed by atoms with E-state index in [2.05, 4.69) is 48.6 Å². The second-order valence-corrected chi connectivity index (χ2v) is 6.82. The number of ether oxygens (including phenoxy) is 3. The van der Waals surface area contributed by atoms with Gasteiger partial charge in [0.25, 0.3) is 5.91 Å². The fourth-order valence-electron chi connectivity index (χ4n) is 2.92. The molecule has 0 spiro atoms. The number of methoxy groups -OCH3 is 3. The van der Waals surface area contributed by atoms with Gasteiger partial charge in [-0.3, -0.25) is 4.79 Å². The maximum atomic E-state index is 12.6. The van der Waals surface area contributed by atoms with E-state index >= 15 is 0 Å². The highest BCUT2D eigenvalue weighted by Crippen LogP contribution is 2.38. The van der Waals surface area contributed by atoms with Crippen LogP contribution >= 0.6 is 0 Å². The predicted octanol–water partition coefficient (Wildman–Crippen LogP) is 3.14. The van der Waals surface area contributed by atoms with Crippen LogP contribution in [0.4, 0.5) is 0 Å². The third kappa shape index (κ3) is 5.89. The molecule has 0 aliphatic heterocycles. The molecule has 0 saturated heterocycles. The molecule has 0 fully saturated rings.